The minimum Gasteiger partial charge on any atom is -0.473 e. The minimum absolute atomic E-state index is 0.391. The van der Waals surface area contributed by atoms with E-state index in [1.54, 1.807) is 0 Å². The van der Waals surface area contributed by atoms with E-state index in [4.69, 9.17) is 23.7 Å². The Morgan fingerprint density at radius 2 is 0.952 bits per heavy atom. The number of hydrogen-bond donors (Lipinski definition) is 0. The molecule has 0 amide bonds. The lowest BCUT2D eigenvalue weighted by Gasteiger charge is -2.06. The van der Waals surface area contributed by atoms with Gasteiger partial charge < -0.3 is 23.7 Å². The van der Waals surface area contributed by atoms with E-state index in [2.05, 4.69) is 0 Å². The van der Waals surface area contributed by atoms with Gasteiger partial charge in [0, 0.05) is 25.7 Å². The summed E-state index contributed by atoms with van der Waals surface area (Å²) in [7, 11) is 0. The highest BCUT2D eigenvalue weighted by Gasteiger charge is 2.30. The third-order valence-corrected chi connectivity index (χ3v) is 4.04. The highest BCUT2D eigenvalue weighted by Crippen LogP contribution is 2.28. The highest BCUT2D eigenvalue weighted by molar-refractivity contribution is 5.09. The summed E-state index contributed by atoms with van der Waals surface area (Å²) in [5.41, 5.74) is 2.56. The SMILES string of the molecule is C(OC=C(CC1CO1)CC1CO1)=C(CC1CO1)CC1CO1. The molecule has 0 radical (unpaired) electrons. The minimum atomic E-state index is 0.391. The van der Waals surface area contributed by atoms with Gasteiger partial charge in [0.05, 0.1) is 63.4 Å². The van der Waals surface area contributed by atoms with Crippen molar-refractivity contribution in [2.45, 2.75) is 50.1 Å². The fraction of sp³-hybridized carbons (Fsp3) is 0.750. The molecule has 5 nitrogen and oxygen atoms in total. The van der Waals surface area contributed by atoms with Gasteiger partial charge in [-0.2, -0.15) is 0 Å². The van der Waals surface area contributed by atoms with Crippen LogP contribution in [0.15, 0.2) is 23.7 Å². The van der Waals surface area contributed by atoms with E-state index >= 15 is 0 Å². The molecule has 4 saturated heterocycles. The molecule has 0 spiro atoms. The van der Waals surface area contributed by atoms with Gasteiger partial charge in [-0.3, -0.25) is 0 Å². The summed E-state index contributed by atoms with van der Waals surface area (Å²) in [4.78, 5) is 0. The Morgan fingerprint density at radius 1 is 0.667 bits per heavy atom. The first-order chi connectivity index (χ1) is 10.3. The Balaban J connectivity index is 1.31. The van der Waals surface area contributed by atoms with Crippen LogP contribution in [0, 0.1) is 0 Å². The standard InChI is InChI=1S/C16H22O5/c1(13-7-18-13)11(2-14-8-19-14)5-17-6-12(3-15-9-20-15)4-16-10-21-16/h5-6,13-16H,1-4,7-10H2. The quantitative estimate of drug-likeness (QED) is 0.455. The third kappa shape index (κ3) is 5.11. The molecule has 4 heterocycles. The molecule has 4 fully saturated rings. The van der Waals surface area contributed by atoms with Gasteiger partial charge in [0.2, 0.25) is 0 Å². The van der Waals surface area contributed by atoms with Crippen LogP contribution in [0.4, 0.5) is 0 Å². The van der Waals surface area contributed by atoms with E-state index in [-0.39, 0.29) is 0 Å². The van der Waals surface area contributed by atoms with Crippen LogP contribution in [0.3, 0.4) is 0 Å². The van der Waals surface area contributed by atoms with Crippen LogP contribution in [0.2, 0.25) is 0 Å². The number of epoxide rings is 4. The van der Waals surface area contributed by atoms with Crippen molar-refractivity contribution in [1.29, 1.82) is 0 Å². The highest BCUT2D eigenvalue weighted by atomic mass is 16.6. The summed E-state index contributed by atoms with van der Waals surface area (Å²) in [6.07, 6.45) is 9.16. The molecule has 21 heavy (non-hydrogen) atoms. The first-order valence-corrected chi connectivity index (χ1v) is 7.83. The lowest BCUT2D eigenvalue weighted by Crippen LogP contribution is -1.98. The molecule has 4 atom stereocenters. The van der Waals surface area contributed by atoms with Crippen LogP contribution in [0.5, 0.6) is 0 Å². The summed E-state index contributed by atoms with van der Waals surface area (Å²) >= 11 is 0. The predicted octanol–water partition coefficient (Wildman–Crippen LogP) is 1.93. The van der Waals surface area contributed by atoms with Gasteiger partial charge in [-0.05, 0) is 11.1 Å². The zero-order valence-electron chi connectivity index (χ0n) is 12.2. The second-order valence-corrected chi connectivity index (χ2v) is 6.33. The largest absolute Gasteiger partial charge is 0.473 e. The number of rotatable bonds is 10. The van der Waals surface area contributed by atoms with Crippen molar-refractivity contribution >= 4 is 0 Å². The molecule has 0 bridgehead atoms. The summed E-state index contributed by atoms with van der Waals surface area (Å²) in [5, 5.41) is 0. The monoisotopic (exact) mass is 294 g/mol. The molecule has 0 aliphatic carbocycles. The second kappa shape index (κ2) is 6.08. The van der Waals surface area contributed by atoms with Gasteiger partial charge in [-0.15, -0.1) is 0 Å². The third-order valence-electron chi connectivity index (χ3n) is 4.04. The van der Waals surface area contributed by atoms with Gasteiger partial charge >= 0.3 is 0 Å². The molecule has 4 rings (SSSR count). The molecule has 4 aliphatic rings. The van der Waals surface area contributed by atoms with Gasteiger partial charge in [0.15, 0.2) is 0 Å². The maximum Gasteiger partial charge on any atom is 0.0895 e. The van der Waals surface area contributed by atoms with E-state index in [9.17, 15) is 0 Å². The average molecular weight is 294 g/mol. The van der Waals surface area contributed by atoms with Crippen molar-refractivity contribution in [2.24, 2.45) is 0 Å². The lowest BCUT2D eigenvalue weighted by atomic mass is 10.1. The zero-order chi connectivity index (χ0) is 14.1. The van der Waals surface area contributed by atoms with E-state index in [1.165, 1.54) is 11.1 Å². The Hall–Kier alpha value is -0.880. The Bertz CT molecular complexity index is 356. The van der Waals surface area contributed by atoms with Crippen LogP contribution >= 0.6 is 0 Å². The molecule has 4 unspecified atom stereocenters. The molecule has 0 aromatic carbocycles. The molecule has 4 aliphatic heterocycles. The van der Waals surface area contributed by atoms with E-state index < -0.39 is 0 Å². The Morgan fingerprint density at radius 3 is 1.19 bits per heavy atom. The van der Waals surface area contributed by atoms with Crippen LogP contribution < -0.4 is 0 Å². The lowest BCUT2D eigenvalue weighted by molar-refractivity contribution is 0.354. The van der Waals surface area contributed by atoms with Gasteiger partial charge in [-0.25, -0.2) is 0 Å². The molecular formula is C16H22O5. The van der Waals surface area contributed by atoms with E-state index in [0.29, 0.717) is 24.4 Å². The molecule has 0 aromatic heterocycles. The maximum atomic E-state index is 5.73. The van der Waals surface area contributed by atoms with Crippen molar-refractivity contribution < 1.29 is 23.7 Å². The predicted molar refractivity (Wildman–Crippen MR) is 74.7 cm³/mol. The fourth-order valence-corrected chi connectivity index (χ4v) is 2.50. The topological polar surface area (TPSA) is 59.4 Å². The van der Waals surface area contributed by atoms with Crippen LogP contribution in [0.1, 0.15) is 25.7 Å². The first kappa shape index (κ1) is 13.8. The fourth-order valence-electron chi connectivity index (χ4n) is 2.50. The summed E-state index contributed by atoms with van der Waals surface area (Å²) in [6.45, 7) is 3.51. The molecule has 5 heteroatoms. The van der Waals surface area contributed by atoms with Crippen molar-refractivity contribution in [3.05, 3.63) is 23.7 Å². The van der Waals surface area contributed by atoms with Crippen molar-refractivity contribution in [3.8, 4) is 0 Å². The van der Waals surface area contributed by atoms with Crippen LogP contribution in [0.25, 0.3) is 0 Å². The molecule has 0 aromatic rings. The summed E-state index contributed by atoms with van der Waals surface area (Å²) in [6, 6.07) is 0. The molecular weight excluding hydrogens is 272 g/mol. The molecule has 0 saturated carbocycles. The average Bonchev–Trinajstić information content (AvgIpc) is 3.31. The summed E-state index contributed by atoms with van der Waals surface area (Å²) < 4.78 is 26.9. The van der Waals surface area contributed by atoms with Gasteiger partial charge in [0.1, 0.15) is 0 Å². The Labute approximate surface area is 124 Å². The maximum absolute atomic E-state index is 5.73. The van der Waals surface area contributed by atoms with E-state index in [0.717, 1.165) is 52.1 Å². The Kier molecular flexibility index (Phi) is 3.99. The van der Waals surface area contributed by atoms with Crippen molar-refractivity contribution in [3.63, 3.8) is 0 Å². The van der Waals surface area contributed by atoms with Crippen LogP contribution in [-0.2, 0) is 23.7 Å². The molecule has 116 valence electrons. The zero-order valence-corrected chi connectivity index (χ0v) is 12.2. The van der Waals surface area contributed by atoms with Crippen LogP contribution in [-0.4, -0.2) is 50.8 Å². The van der Waals surface area contributed by atoms with Gasteiger partial charge in [0.25, 0.3) is 0 Å². The van der Waals surface area contributed by atoms with Crippen molar-refractivity contribution in [1.82, 2.24) is 0 Å². The summed E-state index contributed by atoms with van der Waals surface area (Å²) in [5.74, 6) is 0. The molecule has 0 N–H and O–H groups in total. The first-order valence-electron chi connectivity index (χ1n) is 7.83. The second-order valence-electron chi connectivity index (χ2n) is 6.33. The van der Waals surface area contributed by atoms with Gasteiger partial charge in [-0.1, -0.05) is 0 Å². The van der Waals surface area contributed by atoms with Crippen molar-refractivity contribution in [2.75, 3.05) is 26.4 Å². The van der Waals surface area contributed by atoms with E-state index in [1.807, 2.05) is 12.5 Å². The number of ether oxygens (including phenoxy) is 5. The normalized spacial score (nSPS) is 34.9. The smallest absolute Gasteiger partial charge is 0.0895 e. The number of hydrogen-bond acceptors (Lipinski definition) is 5.